The van der Waals surface area contributed by atoms with E-state index in [0.717, 1.165) is 24.2 Å². The van der Waals surface area contributed by atoms with E-state index in [1.807, 2.05) is 0 Å². The monoisotopic (exact) mass is 283 g/mol. The van der Waals surface area contributed by atoms with Crippen LogP contribution < -0.4 is 5.32 Å². The van der Waals surface area contributed by atoms with E-state index in [-0.39, 0.29) is 12.2 Å². The third kappa shape index (κ3) is 3.66. The molecule has 0 spiro atoms. The third-order valence-electron chi connectivity index (χ3n) is 1.99. The molecule has 0 aromatic carbocycles. The number of esters is 1. The summed E-state index contributed by atoms with van der Waals surface area (Å²) >= 11 is 0. The zero-order chi connectivity index (χ0) is 14.6. The fraction of sp³-hybridized carbons (Fsp3) is 0.444. The molecular formula is C9H9F4N3O3. The Labute approximate surface area is 104 Å². The lowest BCUT2D eigenvalue weighted by molar-refractivity contribution is -0.163. The fourth-order valence-corrected chi connectivity index (χ4v) is 1.02. The van der Waals surface area contributed by atoms with Gasteiger partial charge >= 0.3 is 24.2 Å². The molecule has 6 nitrogen and oxygen atoms in total. The highest BCUT2D eigenvalue weighted by Gasteiger charge is 2.49. The summed E-state index contributed by atoms with van der Waals surface area (Å²) in [6.45, 7) is -0.308. The van der Waals surface area contributed by atoms with Gasteiger partial charge in [-0.3, -0.25) is 14.3 Å². The molecule has 0 atom stereocenters. The molecule has 0 saturated carbocycles. The normalized spacial score (nSPS) is 11.5. The van der Waals surface area contributed by atoms with Crippen molar-refractivity contribution in [3.8, 4) is 0 Å². The molecule has 0 aliphatic rings. The average Bonchev–Trinajstić information content (AvgIpc) is 2.75. The highest BCUT2D eigenvalue weighted by atomic mass is 19.3. The van der Waals surface area contributed by atoms with Crippen LogP contribution in [0.25, 0.3) is 0 Å². The first kappa shape index (κ1) is 14.9. The van der Waals surface area contributed by atoms with E-state index < -0.39 is 24.2 Å². The number of methoxy groups -OCH3 is 1. The van der Waals surface area contributed by atoms with Crippen molar-refractivity contribution in [2.45, 2.75) is 18.9 Å². The summed E-state index contributed by atoms with van der Waals surface area (Å²) in [6, 6.07) is 0. The summed E-state index contributed by atoms with van der Waals surface area (Å²) in [5.74, 6) is -7.61. The predicted octanol–water partition coefficient (Wildman–Crippen LogP) is 0.895. The van der Waals surface area contributed by atoms with Crippen LogP contribution in [0.2, 0.25) is 0 Å². The van der Waals surface area contributed by atoms with Gasteiger partial charge in [-0.2, -0.15) is 13.9 Å². The Balaban J connectivity index is 2.69. The molecular weight excluding hydrogens is 274 g/mol. The zero-order valence-electron chi connectivity index (χ0n) is 9.57. The number of rotatable bonds is 5. The number of carbonyl (C=O) groups is 2. The van der Waals surface area contributed by atoms with Gasteiger partial charge in [-0.25, -0.2) is 8.78 Å². The molecule has 1 rings (SSSR count). The molecule has 0 radical (unpaired) electrons. The molecule has 0 bridgehead atoms. The number of hydrogen-bond donors (Lipinski definition) is 1. The Bertz CT molecular complexity index is 475. The minimum Gasteiger partial charge on any atom is -0.468 e. The number of nitrogens with one attached hydrogen (secondary N) is 1. The Kier molecular flexibility index (Phi) is 4.46. The summed E-state index contributed by atoms with van der Waals surface area (Å²) in [7, 11) is 1.14. The van der Waals surface area contributed by atoms with E-state index >= 15 is 0 Å². The zero-order valence-corrected chi connectivity index (χ0v) is 9.57. The SMILES string of the molecule is COC(=O)Cn1cc(NC(=O)C(F)(F)C(F)F)cn1. The number of alkyl halides is 4. The number of halogens is 4. The Morgan fingerprint density at radius 1 is 1.53 bits per heavy atom. The summed E-state index contributed by atoms with van der Waals surface area (Å²) in [6.07, 6.45) is -2.16. The molecule has 10 heteroatoms. The van der Waals surface area contributed by atoms with Crippen molar-refractivity contribution >= 4 is 17.6 Å². The maximum Gasteiger partial charge on any atom is 0.383 e. The minimum atomic E-state index is -4.80. The standard InChI is InChI=1S/C9H9F4N3O3/c1-19-6(17)4-16-3-5(2-14-16)15-8(18)9(12,13)7(10)11/h2-3,7H,4H2,1H3,(H,15,18). The molecule has 0 aliphatic carbocycles. The van der Waals surface area contributed by atoms with Gasteiger partial charge in [0.2, 0.25) is 0 Å². The van der Waals surface area contributed by atoms with E-state index in [2.05, 4.69) is 9.84 Å². The van der Waals surface area contributed by atoms with Crippen molar-refractivity contribution < 1.29 is 31.9 Å². The van der Waals surface area contributed by atoms with Crippen LogP contribution in [0, 0.1) is 0 Å². The first-order valence-corrected chi connectivity index (χ1v) is 4.84. The van der Waals surface area contributed by atoms with Gasteiger partial charge < -0.3 is 10.1 Å². The van der Waals surface area contributed by atoms with Gasteiger partial charge in [-0.05, 0) is 0 Å². The molecule has 1 aromatic rings. The molecule has 106 valence electrons. The Hall–Kier alpha value is -2.13. The maximum atomic E-state index is 12.6. The number of aromatic nitrogens is 2. The van der Waals surface area contributed by atoms with Crippen molar-refractivity contribution in [1.29, 1.82) is 0 Å². The van der Waals surface area contributed by atoms with Gasteiger partial charge in [0.15, 0.2) is 0 Å². The number of ether oxygens (including phenoxy) is 1. The number of nitrogens with zero attached hydrogens (tertiary/aromatic N) is 2. The average molecular weight is 283 g/mol. The summed E-state index contributed by atoms with van der Waals surface area (Å²) in [4.78, 5) is 21.8. The van der Waals surface area contributed by atoms with E-state index in [1.54, 1.807) is 5.32 Å². The van der Waals surface area contributed by atoms with Gasteiger partial charge in [-0.1, -0.05) is 0 Å². The van der Waals surface area contributed by atoms with Crippen LogP contribution in [0.15, 0.2) is 12.4 Å². The quantitative estimate of drug-likeness (QED) is 0.643. The molecule has 0 saturated heterocycles. The first-order chi connectivity index (χ1) is 8.77. The van der Waals surface area contributed by atoms with Crippen LogP contribution in [0.1, 0.15) is 0 Å². The summed E-state index contributed by atoms with van der Waals surface area (Å²) in [5, 5.41) is 5.12. The van der Waals surface area contributed by atoms with Crippen molar-refractivity contribution in [3.05, 3.63) is 12.4 Å². The topological polar surface area (TPSA) is 73.2 Å². The van der Waals surface area contributed by atoms with E-state index in [1.165, 1.54) is 0 Å². The first-order valence-electron chi connectivity index (χ1n) is 4.84. The van der Waals surface area contributed by atoms with Crippen molar-refractivity contribution in [2.24, 2.45) is 0 Å². The maximum absolute atomic E-state index is 12.6. The lowest BCUT2D eigenvalue weighted by Crippen LogP contribution is -2.40. The van der Waals surface area contributed by atoms with Crippen LogP contribution in [-0.4, -0.2) is 41.1 Å². The second kappa shape index (κ2) is 5.67. The van der Waals surface area contributed by atoms with Gasteiger partial charge in [0.05, 0.1) is 19.0 Å². The van der Waals surface area contributed by atoms with Crippen molar-refractivity contribution in [3.63, 3.8) is 0 Å². The number of amides is 1. The smallest absolute Gasteiger partial charge is 0.383 e. The minimum absolute atomic E-state index is 0.241. The molecule has 19 heavy (non-hydrogen) atoms. The molecule has 1 heterocycles. The van der Waals surface area contributed by atoms with Crippen LogP contribution in [0.4, 0.5) is 23.2 Å². The lowest BCUT2D eigenvalue weighted by atomic mass is 10.3. The lowest BCUT2D eigenvalue weighted by Gasteiger charge is -2.13. The third-order valence-corrected chi connectivity index (χ3v) is 1.99. The van der Waals surface area contributed by atoms with Gasteiger partial charge in [-0.15, -0.1) is 0 Å². The van der Waals surface area contributed by atoms with E-state index in [9.17, 15) is 27.2 Å². The van der Waals surface area contributed by atoms with Crippen LogP contribution in [0.5, 0.6) is 0 Å². The largest absolute Gasteiger partial charge is 0.468 e. The van der Waals surface area contributed by atoms with Gasteiger partial charge in [0, 0.05) is 6.20 Å². The molecule has 1 amide bonds. The molecule has 1 N–H and O–H groups in total. The van der Waals surface area contributed by atoms with Gasteiger partial charge in [0.25, 0.3) is 0 Å². The second-order valence-corrected chi connectivity index (χ2v) is 3.38. The summed E-state index contributed by atoms with van der Waals surface area (Å²) in [5.41, 5.74) is -0.241. The predicted molar refractivity (Wildman–Crippen MR) is 53.8 cm³/mol. The number of carbonyl (C=O) groups excluding carboxylic acids is 2. The number of anilines is 1. The number of hydrogen-bond acceptors (Lipinski definition) is 4. The van der Waals surface area contributed by atoms with E-state index in [0.29, 0.717) is 0 Å². The van der Waals surface area contributed by atoms with Crippen molar-refractivity contribution in [1.82, 2.24) is 9.78 Å². The Morgan fingerprint density at radius 2 is 2.16 bits per heavy atom. The molecule has 0 fully saturated rings. The summed E-state index contributed by atoms with van der Waals surface area (Å²) < 4.78 is 54.4. The highest BCUT2D eigenvalue weighted by molar-refractivity contribution is 5.96. The Morgan fingerprint density at radius 3 is 2.68 bits per heavy atom. The molecule has 1 aromatic heterocycles. The van der Waals surface area contributed by atoms with Crippen LogP contribution >= 0.6 is 0 Å². The van der Waals surface area contributed by atoms with Crippen molar-refractivity contribution in [2.75, 3.05) is 12.4 Å². The highest BCUT2D eigenvalue weighted by Crippen LogP contribution is 2.24. The van der Waals surface area contributed by atoms with E-state index in [4.69, 9.17) is 0 Å². The molecule has 0 aliphatic heterocycles. The van der Waals surface area contributed by atoms with Crippen LogP contribution in [-0.2, 0) is 20.9 Å². The van der Waals surface area contributed by atoms with Gasteiger partial charge in [0.1, 0.15) is 6.54 Å². The van der Waals surface area contributed by atoms with Crippen LogP contribution in [0.3, 0.4) is 0 Å². The second-order valence-electron chi connectivity index (χ2n) is 3.38. The molecule has 0 unspecified atom stereocenters. The fourth-order valence-electron chi connectivity index (χ4n) is 1.02.